The first-order valence-corrected chi connectivity index (χ1v) is 7.35. The van der Waals surface area contributed by atoms with Crippen LogP contribution >= 0.6 is 15.9 Å². The summed E-state index contributed by atoms with van der Waals surface area (Å²) in [6.07, 6.45) is 1.47. The van der Waals surface area contributed by atoms with E-state index >= 15 is 0 Å². The average molecular weight is 381 g/mol. The summed E-state index contributed by atoms with van der Waals surface area (Å²) >= 11 is 3.37. The largest absolute Gasteiger partial charge is 0.493 e. The topological polar surface area (TPSA) is 59.9 Å². The fraction of sp³-hybridized carbons (Fsp3) is 0.125. The van der Waals surface area contributed by atoms with Crippen molar-refractivity contribution in [3.8, 4) is 11.5 Å². The summed E-state index contributed by atoms with van der Waals surface area (Å²) < 4.78 is 23.9. The molecule has 0 saturated carbocycles. The van der Waals surface area contributed by atoms with Crippen molar-refractivity contribution in [2.45, 2.75) is 0 Å². The maximum atomic E-state index is 12.8. The maximum Gasteiger partial charge on any atom is 0.271 e. The van der Waals surface area contributed by atoms with Crippen LogP contribution in [0, 0.1) is 5.82 Å². The molecule has 1 amide bonds. The fourth-order valence-corrected chi connectivity index (χ4v) is 2.47. The van der Waals surface area contributed by atoms with Gasteiger partial charge in [0, 0.05) is 5.56 Å². The molecule has 0 aliphatic rings. The molecule has 120 valence electrons. The number of nitrogens with zero attached hydrogens (tertiary/aromatic N) is 1. The number of ether oxygens (including phenoxy) is 2. The van der Waals surface area contributed by atoms with Crippen molar-refractivity contribution in [1.82, 2.24) is 5.43 Å². The number of carbonyl (C=O) groups excluding carboxylic acids is 1. The van der Waals surface area contributed by atoms with Crippen LogP contribution in [-0.2, 0) is 0 Å². The molecule has 0 heterocycles. The minimum atomic E-state index is -0.430. The van der Waals surface area contributed by atoms with Crippen molar-refractivity contribution in [2.24, 2.45) is 5.10 Å². The molecule has 1 N–H and O–H groups in total. The number of carbonyl (C=O) groups is 1. The molecule has 0 unspecified atom stereocenters. The lowest BCUT2D eigenvalue weighted by atomic mass is 10.2. The Morgan fingerprint density at radius 1 is 1.22 bits per heavy atom. The first-order chi connectivity index (χ1) is 11.0. The van der Waals surface area contributed by atoms with E-state index in [4.69, 9.17) is 9.47 Å². The van der Waals surface area contributed by atoms with Gasteiger partial charge in [0.05, 0.1) is 24.9 Å². The molecule has 2 aromatic rings. The lowest BCUT2D eigenvalue weighted by molar-refractivity contribution is 0.0955. The second kappa shape index (κ2) is 7.73. The van der Waals surface area contributed by atoms with E-state index in [0.29, 0.717) is 27.1 Å². The van der Waals surface area contributed by atoms with Gasteiger partial charge >= 0.3 is 0 Å². The number of hydrogen-bond donors (Lipinski definition) is 1. The summed E-state index contributed by atoms with van der Waals surface area (Å²) in [6, 6.07) is 8.68. The normalized spacial score (nSPS) is 10.6. The van der Waals surface area contributed by atoms with Crippen LogP contribution in [0.15, 0.2) is 46.0 Å². The van der Waals surface area contributed by atoms with Gasteiger partial charge in [-0.05, 0) is 57.9 Å². The quantitative estimate of drug-likeness (QED) is 0.638. The SMILES string of the molecule is COc1cc(C=NNC(=O)c2ccc(F)cc2)cc(Br)c1OC. The Hall–Kier alpha value is -2.41. The number of amides is 1. The van der Waals surface area contributed by atoms with Crippen molar-refractivity contribution < 1.29 is 18.7 Å². The molecule has 0 atom stereocenters. The predicted octanol–water partition coefficient (Wildman–Crippen LogP) is 3.37. The summed E-state index contributed by atoms with van der Waals surface area (Å²) in [5.41, 5.74) is 3.39. The Morgan fingerprint density at radius 2 is 1.91 bits per heavy atom. The summed E-state index contributed by atoms with van der Waals surface area (Å²) in [7, 11) is 3.07. The molecular formula is C16H14BrFN2O3. The van der Waals surface area contributed by atoms with Crippen LogP contribution in [0.25, 0.3) is 0 Å². The van der Waals surface area contributed by atoms with Crippen molar-refractivity contribution >= 4 is 28.1 Å². The third-order valence-corrected chi connectivity index (χ3v) is 3.53. The van der Waals surface area contributed by atoms with Crippen molar-refractivity contribution in [3.05, 3.63) is 57.8 Å². The summed E-state index contributed by atoms with van der Waals surface area (Å²) in [5, 5.41) is 3.88. The Balaban J connectivity index is 2.10. The second-order valence-electron chi connectivity index (χ2n) is 4.44. The van der Waals surface area contributed by atoms with Crippen LogP contribution in [0.2, 0.25) is 0 Å². The van der Waals surface area contributed by atoms with Crippen LogP contribution in [-0.4, -0.2) is 26.3 Å². The van der Waals surface area contributed by atoms with Crippen molar-refractivity contribution in [3.63, 3.8) is 0 Å². The Kier molecular flexibility index (Phi) is 5.70. The second-order valence-corrected chi connectivity index (χ2v) is 5.30. The van der Waals surface area contributed by atoms with Gasteiger partial charge < -0.3 is 9.47 Å². The molecule has 2 aromatic carbocycles. The van der Waals surface area contributed by atoms with Crippen LogP contribution in [0.3, 0.4) is 0 Å². The molecular weight excluding hydrogens is 367 g/mol. The zero-order valence-electron chi connectivity index (χ0n) is 12.5. The van der Waals surface area contributed by atoms with Gasteiger partial charge in [-0.1, -0.05) is 0 Å². The number of nitrogens with one attached hydrogen (secondary N) is 1. The van der Waals surface area contributed by atoms with Gasteiger partial charge in [-0.3, -0.25) is 4.79 Å². The lowest BCUT2D eigenvalue weighted by Gasteiger charge is -2.10. The van der Waals surface area contributed by atoms with E-state index in [1.54, 1.807) is 19.2 Å². The fourth-order valence-electron chi connectivity index (χ4n) is 1.84. The van der Waals surface area contributed by atoms with Gasteiger partial charge in [-0.15, -0.1) is 0 Å². The maximum absolute atomic E-state index is 12.8. The standard InChI is InChI=1S/C16H14BrFN2O3/c1-22-14-8-10(7-13(17)15(14)23-2)9-19-20-16(21)11-3-5-12(18)6-4-11/h3-9H,1-2H3,(H,20,21). The molecule has 0 bridgehead atoms. The van der Waals surface area contributed by atoms with Crippen LogP contribution in [0.1, 0.15) is 15.9 Å². The number of rotatable bonds is 5. The van der Waals surface area contributed by atoms with Gasteiger partial charge in [0.2, 0.25) is 0 Å². The number of benzene rings is 2. The summed E-state index contributed by atoms with van der Waals surface area (Å²) in [4.78, 5) is 11.8. The molecule has 0 aliphatic heterocycles. The molecule has 0 saturated heterocycles. The highest BCUT2D eigenvalue weighted by Crippen LogP contribution is 2.35. The van der Waals surface area contributed by atoms with E-state index in [9.17, 15) is 9.18 Å². The molecule has 0 radical (unpaired) electrons. The van der Waals surface area contributed by atoms with Gasteiger partial charge in [0.1, 0.15) is 5.82 Å². The highest BCUT2D eigenvalue weighted by molar-refractivity contribution is 9.10. The summed E-state index contributed by atoms with van der Waals surface area (Å²) in [5.74, 6) is 0.272. The number of hydrogen-bond acceptors (Lipinski definition) is 4. The zero-order chi connectivity index (χ0) is 16.8. The summed E-state index contributed by atoms with van der Waals surface area (Å²) in [6.45, 7) is 0. The molecule has 5 nitrogen and oxygen atoms in total. The number of halogens is 2. The van der Waals surface area contributed by atoms with Crippen LogP contribution in [0.4, 0.5) is 4.39 Å². The first-order valence-electron chi connectivity index (χ1n) is 6.55. The number of hydrazone groups is 1. The molecule has 2 rings (SSSR count). The highest BCUT2D eigenvalue weighted by atomic mass is 79.9. The van der Waals surface area contributed by atoms with Gasteiger partial charge in [-0.2, -0.15) is 5.10 Å². The Bertz CT molecular complexity index is 733. The zero-order valence-corrected chi connectivity index (χ0v) is 14.1. The minimum absolute atomic E-state index is 0.317. The minimum Gasteiger partial charge on any atom is -0.493 e. The Morgan fingerprint density at radius 3 is 2.52 bits per heavy atom. The molecule has 0 fully saturated rings. The van der Waals surface area contributed by atoms with E-state index in [1.807, 2.05) is 0 Å². The monoisotopic (exact) mass is 380 g/mol. The third kappa shape index (κ3) is 4.29. The van der Waals surface area contributed by atoms with Crippen molar-refractivity contribution in [1.29, 1.82) is 0 Å². The van der Waals surface area contributed by atoms with E-state index < -0.39 is 11.7 Å². The first kappa shape index (κ1) is 17.0. The number of methoxy groups -OCH3 is 2. The van der Waals surface area contributed by atoms with E-state index in [1.165, 1.54) is 37.6 Å². The molecule has 0 spiro atoms. The van der Waals surface area contributed by atoms with Crippen molar-refractivity contribution in [2.75, 3.05) is 14.2 Å². The van der Waals surface area contributed by atoms with E-state index in [-0.39, 0.29) is 0 Å². The van der Waals surface area contributed by atoms with Gasteiger partial charge in [0.25, 0.3) is 5.91 Å². The molecule has 0 aliphatic carbocycles. The third-order valence-electron chi connectivity index (χ3n) is 2.94. The lowest BCUT2D eigenvalue weighted by Crippen LogP contribution is -2.17. The molecule has 7 heteroatoms. The highest BCUT2D eigenvalue weighted by Gasteiger charge is 2.09. The Labute approximate surface area is 141 Å². The van der Waals surface area contributed by atoms with Crippen LogP contribution < -0.4 is 14.9 Å². The average Bonchev–Trinajstić information content (AvgIpc) is 2.54. The molecule has 23 heavy (non-hydrogen) atoms. The van der Waals surface area contributed by atoms with Crippen LogP contribution in [0.5, 0.6) is 11.5 Å². The van der Waals surface area contributed by atoms with E-state index in [0.717, 1.165) is 0 Å². The van der Waals surface area contributed by atoms with E-state index in [2.05, 4.69) is 26.5 Å². The van der Waals surface area contributed by atoms with Gasteiger partial charge in [-0.25, -0.2) is 9.82 Å². The predicted molar refractivity (Wildman–Crippen MR) is 88.7 cm³/mol. The smallest absolute Gasteiger partial charge is 0.271 e. The van der Waals surface area contributed by atoms with Gasteiger partial charge in [0.15, 0.2) is 11.5 Å². The molecule has 0 aromatic heterocycles.